The van der Waals surface area contributed by atoms with Gasteiger partial charge >= 0.3 is 0 Å². The van der Waals surface area contributed by atoms with E-state index >= 15 is 0 Å². The van der Waals surface area contributed by atoms with Gasteiger partial charge in [-0.3, -0.25) is 14.2 Å². The molecule has 0 aliphatic rings. The van der Waals surface area contributed by atoms with Crippen molar-refractivity contribution in [3.8, 4) is 5.69 Å². The molecule has 3 rings (SSSR count). The van der Waals surface area contributed by atoms with E-state index in [0.717, 1.165) is 5.69 Å². The van der Waals surface area contributed by atoms with Gasteiger partial charge in [-0.15, -0.1) is 0 Å². The minimum Gasteiger partial charge on any atom is -0.444 e. The summed E-state index contributed by atoms with van der Waals surface area (Å²) in [5.41, 5.74) is 1.41. The Morgan fingerprint density at radius 1 is 1.28 bits per heavy atom. The molecule has 0 saturated carbocycles. The molecule has 1 aromatic carbocycles. The predicted molar refractivity (Wildman–Crippen MR) is 98.3 cm³/mol. The minimum absolute atomic E-state index is 0.128. The Bertz CT molecular complexity index is 975. The van der Waals surface area contributed by atoms with E-state index in [1.54, 1.807) is 41.2 Å². The third-order valence-corrected chi connectivity index (χ3v) is 4.00. The molecule has 0 aliphatic carbocycles. The molecule has 2 aromatic heterocycles. The standard InChI is InChI=1S/C16H13BrN4O3S/c17-13-5-4-12(24-13)15(23)19-9-14(22)20-10-2-1-3-11(8-10)21-7-6-18-16(21)25/h1-8H,9H2,(H,18,25)(H,19,23)(H,20,22). The average molecular weight is 421 g/mol. The van der Waals surface area contributed by atoms with E-state index in [9.17, 15) is 9.59 Å². The van der Waals surface area contributed by atoms with Crippen molar-refractivity contribution < 1.29 is 14.0 Å². The van der Waals surface area contributed by atoms with Crippen LogP contribution in [0.1, 0.15) is 10.6 Å². The van der Waals surface area contributed by atoms with E-state index < -0.39 is 5.91 Å². The van der Waals surface area contributed by atoms with Crippen LogP contribution in [0.3, 0.4) is 0 Å². The van der Waals surface area contributed by atoms with Crippen molar-refractivity contribution in [3.63, 3.8) is 0 Å². The first-order valence-electron chi connectivity index (χ1n) is 7.23. The van der Waals surface area contributed by atoms with Crippen molar-refractivity contribution in [1.29, 1.82) is 0 Å². The summed E-state index contributed by atoms with van der Waals surface area (Å²) in [4.78, 5) is 26.8. The van der Waals surface area contributed by atoms with Gasteiger partial charge in [0.2, 0.25) is 5.91 Å². The van der Waals surface area contributed by atoms with Crippen molar-refractivity contribution in [2.24, 2.45) is 0 Å². The van der Waals surface area contributed by atoms with E-state index in [1.807, 2.05) is 6.07 Å². The van der Waals surface area contributed by atoms with Crippen molar-refractivity contribution in [3.05, 3.63) is 64.0 Å². The molecule has 0 atom stereocenters. The van der Waals surface area contributed by atoms with E-state index in [1.165, 1.54) is 6.07 Å². The number of furan rings is 1. The summed E-state index contributed by atoms with van der Waals surface area (Å²) in [7, 11) is 0. The van der Waals surface area contributed by atoms with Gasteiger partial charge in [0.1, 0.15) is 0 Å². The molecule has 2 amide bonds. The maximum Gasteiger partial charge on any atom is 0.287 e. The summed E-state index contributed by atoms with van der Waals surface area (Å²) < 4.78 is 7.90. The van der Waals surface area contributed by atoms with Gasteiger partial charge in [-0.2, -0.15) is 0 Å². The lowest BCUT2D eigenvalue weighted by atomic mass is 10.2. The fourth-order valence-electron chi connectivity index (χ4n) is 2.15. The Labute approximate surface area is 156 Å². The molecule has 0 spiro atoms. The molecule has 9 heteroatoms. The average Bonchev–Trinajstić information content (AvgIpc) is 3.21. The smallest absolute Gasteiger partial charge is 0.287 e. The van der Waals surface area contributed by atoms with E-state index in [-0.39, 0.29) is 18.2 Å². The number of hydrogen-bond donors (Lipinski definition) is 3. The zero-order chi connectivity index (χ0) is 17.8. The number of rotatable bonds is 5. The first-order chi connectivity index (χ1) is 12.0. The lowest BCUT2D eigenvalue weighted by Crippen LogP contribution is -2.32. The molecule has 0 saturated heterocycles. The highest BCUT2D eigenvalue weighted by Gasteiger charge is 2.12. The molecule has 3 N–H and O–H groups in total. The summed E-state index contributed by atoms with van der Waals surface area (Å²) in [6.45, 7) is -0.176. The second-order valence-corrected chi connectivity index (χ2v) is 6.19. The van der Waals surface area contributed by atoms with Gasteiger partial charge in [-0.1, -0.05) is 6.07 Å². The van der Waals surface area contributed by atoms with E-state index in [0.29, 0.717) is 15.1 Å². The summed E-state index contributed by atoms with van der Waals surface area (Å²) in [6, 6.07) is 10.3. The number of halogens is 1. The Kier molecular flexibility index (Phi) is 5.15. The number of aromatic amines is 1. The van der Waals surface area contributed by atoms with Gasteiger partial charge in [-0.05, 0) is 58.5 Å². The number of aromatic nitrogens is 2. The number of amides is 2. The second kappa shape index (κ2) is 7.49. The van der Waals surface area contributed by atoms with Crippen LogP contribution in [0, 0.1) is 4.77 Å². The molecule has 2 heterocycles. The number of carbonyl (C=O) groups is 2. The van der Waals surface area contributed by atoms with Crippen molar-refractivity contribution in [2.75, 3.05) is 11.9 Å². The van der Waals surface area contributed by atoms with Gasteiger partial charge in [0, 0.05) is 23.8 Å². The molecular formula is C16H13BrN4O3S. The molecule has 0 aliphatic heterocycles. The number of nitrogens with zero attached hydrogens (tertiary/aromatic N) is 1. The number of hydrogen-bond acceptors (Lipinski definition) is 4. The van der Waals surface area contributed by atoms with Gasteiger partial charge in [0.15, 0.2) is 15.2 Å². The molecular weight excluding hydrogens is 408 g/mol. The monoisotopic (exact) mass is 420 g/mol. The zero-order valence-electron chi connectivity index (χ0n) is 12.8. The maximum absolute atomic E-state index is 12.0. The van der Waals surface area contributed by atoms with Gasteiger partial charge in [-0.25, -0.2) is 0 Å². The summed E-state index contributed by atoms with van der Waals surface area (Å²) in [5.74, 6) is -0.689. The van der Waals surface area contributed by atoms with Crippen molar-refractivity contribution in [2.45, 2.75) is 0 Å². The van der Waals surface area contributed by atoms with Crippen LogP contribution in [0.5, 0.6) is 0 Å². The number of benzene rings is 1. The normalized spacial score (nSPS) is 10.4. The molecule has 0 radical (unpaired) electrons. The summed E-state index contributed by atoms with van der Waals surface area (Å²) in [6.07, 6.45) is 3.53. The predicted octanol–water partition coefficient (Wildman–Crippen LogP) is 3.26. The van der Waals surface area contributed by atoms with Crippen LogP contribution in [-0.2, 0) is 4.79 Å². The Balaban J connectivity index is 1.61. The third-order valence-electron chi connectivity index (χ3n) is 3.26. The van der Waals surface area contributed by atoms with E-state index in [2.05, 4.69) is 31.5 Å². The molecule has 3 aromatic rings. The topological polar surface area (TPSA) is 92.1 Å². The fraction of sp³-hybridized carbons (Fsp3) is 0.0625. The Morgan fingerprint density at radius 3 is 2.80 bits per heavy atom. The van der Waals surface area contributed by atoms with Crippen LogP contribution < -0.4 is 10.6 Å². The molecule has 0 fully saturated rings. The highest BCUT2D eigenvalue weighted by Crippen LogP contribution is 2.15. The van der Waals surface area contributed by atoms with Gasteiger partial charge in [0.25, 0.3) is 5.91 Å². The van der Waals surface area contributed by atoms with Crippen molar-refractivity contribution in [1.82, 2.24) is 14.9 Å². The first kappa shape index (κ1) is 17.2. The molecule has 25 heavy (non-hydrogen) atoms. The number of carbonyl (C=O) groups excluding carboxylic acids is 2. The van der Waals surface area contributed by atoms with Crippen LogP contribution in [0.25, 0.3) is 5.69 Å². The number of nitrogens with one attached hydrogen (secondary N) is 3. The van der Waals surface area contributed by atoms with Gasteiger partial charge in [0.05, 0.1) is 6.54 Å². The SMILES string of the molecule is O=C(CNC(=O)c1ccc(Br)o1)Nc1cccc(-n2cc[nH]c2=S)c1. The number of imidazole rings is 1. The van der Waals surface area contributed by atoms with Crippen LogP contribution in [0.15, 0.2) is 57.9 Å². The largest absolute Gasteiger partial charge is 0.444 e. The quantitative estimate of drug-likeness (QED) is 0.552. The Hall–Kier alpha value is -2.65. The second-order valence-electron chi connectivity index (χ2n) is 5.02. The van der Waals surface area contributed by atoms with E-state index in [4.69, 9.17) is 16.6 Å². The third kappa shape index (κ3) is 4.25. The first-order valence-corrected chi connectivity index (χ1v) is 8.43. The van der Waals surface area contributed by atoms with Crippen LogP contribution >= 0.6 is 28.1 Å². The fourth-order valence-corrected chi connectivity index (χ4v) is 2.69. The van der Waals surface area contributed by atoms with Crippen LogP contribution in [0.4, 0.5) is 5.69 Å². The molecule has 7 nitrogen and oxygen atoms in total. The lowest BCUT2D eigenvalue weighted by molar-refractivity contribution is -0.115. The maximum atomic E-state index is 12.0. The van der Waals surface area contributed by atoms with Crippen LogP contribution in [0.2, 0.25) is 0 Å². The summed E-state index contributed by atoms with van der Waals surface area (Å²) in [5, 5.41) is 5.22. The highest BCUT2D eigenvalue weighted by atomic mass is 79.9. The van der Waals surface area contributed by atoms with Crippen LogP contribution in [-0.4, -0.2) is 27.9 Å². The summed E-state index contributed by atoms with van der Waals surface area (Å²) >= 11 is 8.29. The molecule has 128 valence electrons. The zero-order valence-corrected chi connectivity index (χ0v) is 15.2. The highest BCUT2D eigenvalue weighted by molar-refractivity contribution is 9.10. The van der Waals surface area contributed by atoms with Crippen molar-refractivity contribution >= 4 is 45.6 Å². The van der Waals surface area contributed by atoms with Gasteiger partial charge < -0.3 is 20.0 Å². The Morgan fingerprint density at radius 2 is 2.12 bits per heavy atom. The number of H-pyrrole nitrogens is 1. The molecule has 0 unspecified atom stereocenters. The number of anilines is 1. The lowest BCUT2D eigenvalue weighted by Gasteiger charge is -2.08. The minimum atomic E-state index is -0.465. The molecule has 0 bridgehead atoms.